The number of carbonyl (C=O) groups excluding carboxylic acids is 1. The van der Waals surface area contributed by atoms with E-state index in [1.54, 1.807) is 21.3 Å². The average Bonchev–Trinajstić information content (AvgIpc) is 3.02. The molecule has 0 saturated carbocycles. The summed E-state index contributed by atoms with van der Waals surface area (Å²) in [4.78, 5) is 16.3. The first kappa shape index (κ1) is 18.2. The molecular formula is C17H22N2O4S. The van der Waals surface area contributed by atoms with Crippen LogP contribution in [0.2, 0.25) is 0 Å². The van der Waals surface area contributed by atoms with Gasteiger partial charge in [-0.05, 0) is 24.1 Å². The Morgan fingerprint density at radius 3 is 2.71 bits per heavy atom. The van der Waals surface area contributed by atoms with E-state index in [0.717, 1.165) is 22.7 Å². The molecule has 1 amide bonds. The number of amides is 1. The van der Waals surface area contributed by atoms with Gasteiger partial charge in [-0.1, -0.05) is 6.07 Å². The summed E-state index contributed by atoms with van der Waals surface area (Å²) >= 11 is 1.50. The Labute approximate surface area is 145 Å². The Morgan fingerprint density at radius 1 is 1.21 bits per heavy atom. The number of hydrogen-bond acceptors (Lipinski definition) is 6. The number of methoxy groups -OCH3 is 3. The van der Waals surface area contributed by atoms with Crippen LogP contribution in [0.1, 0.15) is 16.3 Å². The standard InChI is InChI=1S/C17H22N2O4S/c1-21-10-17-19-13(11-24-17)9-16(20)18-7-6-12-4-5-14(22-2)15(8-12)23-3/h4-5,8,11H,6-7,9-10H2,1-3H3,(H,18,20). The quantitative estimate of drug-likeness (QED) is 0.751. The number of thiazole rings is 1. The molecule has 6 nitrogen and oxygen atoms in total. The van der Waals surface area contributed by atoms with Gasteiger partial charge in [-0.3, -0.25) is 4.79 Å². The molecule has 0 aliphatic carbocycles. The van der Waals surface area contributed by atoms with E-state index in [1.807, 2.05) is 23.6 Å². The van der Waals surface area contributed by atoms with Crippen molar-refractivity contribution in [1.82, 2.24) is 10.3 Å². The monoisotopic (exact) mass is 350 g/mol. The number of ether oxygens (including phenoxy) is 3. The fourth-order valence-corrected chi connectivity index (χ4v) is 2.99. The predicted octanol–water partition coefficient (Wildman–Crippen LogP) is 2.21. The number of hydrogen-bond donors (Lipinski definition) is 1. The number of carbonyl (C=O) groups is 1. The van der Waals surface area contributed by atoms with Crippen molar-refractivity contribution < 1.29 is 19.0 Å². The lowest BCUT2D eigenvalue weighted by Crippen LogP contribution is -2.27. The van der Waals surface area contributed by atoms with Gasteiger partial charge in [0.15, 0.2) is 11.5 Å². The molecule has 0 unspecified atom stereocenters. The first-order valence-electron chi connectivity index (χ1n) is 7.56. The van der Waals surface area contributed by atoms with Gasteiger partial charge in [-0.2, -0.15) is 0 Å². The molecule has 0 aliphatic rings. The highest BCUT2D eigenvalue weighted by Crippen LogP contribution is 2.27. The summed E-state index contributed by atoms with van der Waals surface area (Å²) in [6.07, 6.45) is 1.00. The SMILES string of the molecule is COCc1nc(CC(=O)NCCc2ccc(OC)c(OC)c2)cs1. The van der Waals surface area contributed by atoms with Gasteiger partial charge in [0.2, 0.25) is 5.91 Å². The fraction of sp³-hybridized carbons (Fsp3) is 0.412. The highest BCUT2D eigenvalue weighted by Gasteiger charge is 2.08. The van der Waals surface area contributed by atoms with Gasteiger partial charge < -0.3 is 19.5 Å². The third kappa shape index (κ3) is 5.21. The molecule has 0 fully saturated rings. The van der Waals surface area contributed by atoms with Crippen LogP contribution in [0.5, 0.6) is 11.5 Å². The molecule has 0 radical (unpaired) electrons. The number of benzene rings is 1. The molecule has 0 saturated heterocycles. The molecule has 130 valence electrons. The van der Waals surface area contributed by atoms with Crippen LogP contribution < -0.4 is 14.8 Å². The van der Waals surface area contributed by atoms with Crippen LogP contribution in [0.15, 0.2) is 23.6 Å². The molecule has 1 heterocycles. The van der Waals surface area contributed by atoms with Crippen LogP contribution in [0, 0.1) is 0 Å². The van der Waals surface area contributed by atoms with E-state index in [0.29, 0.717) is 24.7 Å². The van der Waals surface area contributed by atoms with Crippen molar-refractivity contribution >= 4 is 17.2 Å². The molecule has 0 bridgehead atoms. The molecule has 1 aromatic carbocycles. The first-order chi connectivity index (χ1) is 11.7. The van der Waals surface area contributed by atoms with Crippen LogP contribution in [-0.2, 0) is 29.0 Å². The van der Waals surface area contributed by atoms with Crippen molar-refractivity contribution in [3.63, 3.8) is 0 Å². The van der Waals surface area contributed by atoms with Crippen molar-refractivity contribution in [2.75, 3.05) is 27.9 Å². The van der Waals surface area contributed by atoms with E-state index in [9.17, 15) is 4.79 Å². The lowest BCUT2D eigenvalue weighted by atomic mass is 10.1. The summed E-state index contributed by atoms with van der Waals surface area (Å²) in [5, 5.41) is 5.68. The molecule has 0 spiro atoms. The summed E-state index contributed by atoms with van der Waals surface area (Å²) in [7, 11) is 4.84. The lowest BCUT2D eigenvalue weighted by molar-refractivity contribution is -0.120. The molecule has 2 rings (SSSR count). The maximum atomic E-state index is 12.0. The van der Waals surface area contributed by atoms with E-state index in [1.165, 1.54) is 11.3 Å². The third-order valence-corrected chi connectivity index (χ3v) is 4.26. The van der Waals surface area contributed by atoms with Gasteiger partial charge >= 0.3 is 0 Å². The van der Waals surface area contributed by atoms with E-state index < -0.39 is 0 Å². The molecular weight excluding hydrogens is 328 g/mol. The number of nitrogens with zero attached hydrogens (tertiary/aromatic N) is 1. The van der Waals surface area contributed by atoms with Crippen molar-refractivity contribution in [1.29, 1.82) is 0 Å². The largest absolute Gasteiger partial charge is 0.493 e. The van der Waals surface area contributed by atoms with Crippen LogP contribution in [0.4, 0.5) is 0 Å². The Hall–Kier alpha value is -2.12. The van der Waals surface area contributed by atoms with Crippen molar-refractivity contribution in [3.8, 4) is 11.5 Å². The highest BCUT2D eigenvalue weighted by atomic mass is 32.1. The van der Waals surface area contributed by atoms with Crippen LogP contribution in [0.3, 0.4) is 0 Å². The maximum absolute atomic E-state index is 12.0. The minimum absolute atomic E-state index is 0.0373. The van der Waals surface area contributed by atoms with Gasteiger partial charge in [0.25, 0.3) is 0 Å². The smallest absolute Gasteiger partial charge is 0.226 e. The van der Waals surface area contributed by atoms with Gasteiger partial charge in [0.1, 0.15) is 5.01 Å². The Kier molecular flexibility index (Phi) is 7.02. The molecule has 1 aromatic heterocycles. The maximum Gasteiger partial charge on any atom is 0.226 e. The van der Waals surface area contributed by atoms with Crippen molar-refractivity contribution in [3.05, 3.63) is 39.8 Å². The molecule has 1 N–H and O–H groups in total. The molecule has 0 atom stereocenters. The fourth-order valence-electron chi connectivity index (χ4n) is 2.23. The number of rotatable bonds is 9. The Morgan fingerprint density at radius 2 is 2.00 bits per heavy atom. The van der Waals surface area contributed by atoms with Gasteiger partial charge in [-0.15, -0.1) is 11.3 Å². The van der Waals surface area contributed by atoms with Crippen LogP contribution in [0.25, 0.3) is 0 Å². The zero-order valence-corrected chi connectivity index (χ0v) is 14.9. The zero-order chi connectivity index (χ0) is 17.4. The van der Waals surface area contributed by atoms with Crippen molar-refractivity contribution in [2.24, 2.45) is 0 Å². The number of aromatic nitrogens is 1. The zero-order valence-electron chi connectivity index (χ0n) is 14.1. The minimum Gasteiger partial charge on any atom is -0.493 e. The topological polar surface area (TPSA) is 69.7 Å². The summed E-state index contributed by atoms with van der Waals surface area (Å²) in [5.74, 6) is 1.35. The van der Waals surface area contributed by atoms with E-state index >= 15 is 0 Å². The second-order valence-electron chi connectivity index (χ2n) is 5.13. The second kappa shape index (κ2) is 9.24. The molecule has 7 heteroatoms. The number of nitrogens with one attached hydrogen (secondary N) is 1. The minimum atomic E-state index is -0.0373. The van der Waals surface area contributed by atoms with Gasteiger partial charge in [0.05, 0.1) is 32.9 Å². The first-order valence-corrected chi connectivity index (χ1v) is 8.44. The summed E-state index contributed by atoms with van der Waals surface area (Å²) in [6.45, 7) is 1.04. The normalized spacial score (nSPS) is 10.5. The molecule has 24 heavy (non-hydrogen) atoms. The summed E-state index contributed by atoms with van der Waals surface area (Å²) < 4.78 is 15.5. The summed E-state index contributed by atoms with van der Waals surface area (Å²) in [6, 6.07) is 5.75. The van der Waals surface area contributed by atoms with Crippen LogP contribution in [-0.4, -0.2) is 38.8 Å². The van der Waals surface area contributed by atoms with Gasteiger partial charge in [-0.25, -0.2) is 4.98 Å². The van der Waals surface area contributed by atoms with E-state index in [2.05, 4.69) is 10.3 Å². The molecule has 2 aromatic rings. The third-order valence-electron chi connectivity index (χ3n) is 3.39. The Balaban J connectivity index is 1.79. The summed E-state index contributed by atoms with van der Waals surface area (Å²) in [5.41, 5.74) is 1.85. The lowest BCUT2D eigenvalue weighted by Gasteiger charge is -2.10. The predicted molar refractivity (Wildman–Crippen MR) is 92.8 cm³/mol. The van der Waals surface area contributed by atoms with Crippen molar-refractivity contribution in [2.45, 2.75) is 19.4 Å². The van der Waals surface area contributed by atoms with Gasteiger partial charge in [0, 0.05) is 19.0 Å². The van der Waals surface area contributed by atoms with E-state index in [-0.39, 0.29) is 12.3 Å². The molecule has 0 aliphatic heterocycles. The van der Waals surface area contributed by atoms with E-state index in [4.69, 9.17) is 14.2 Å². The highest BCUT2D eigenvalue weighted by molar-refractivity contribution is 7.09. The van der Waals surface area contributed by atoms with Crippen LogP contribution >= 0.6 is 11.3 Å². The Bertz CT molecular complexity index is 672. The average molecular weight is 350 g/mol. The second-order valence-corrected chi connectivity index (χ2v) is 6.07.